The molecule has 0 atom stereocenters. The van der Waals surface area contributed by atoms with E-state index in [4.69, 9.17) is 0 Å². The van der Waals surface area contributed by atoms with E-state index in [1.807, 2.05) is 37.3 Å². The van der Waals surface area contributed by atoms with Crippen LogP contribution in [0.15, 0.2) is 53.8 Å². The maximum absolute atomic E-state index is 12.2. The van der Waals surface area contributed by atoms with Crippen molar-refractivity contribution < 1.29 is 9.59 Å². The summed E-state index contributed by atoms with van der Waals surface area (Å²) in [5.74, 6) is -0.481. The Morgan fingerprint density at radius 3 is 2.79 bits per heavy atom. The molecular weight excluding hydrogens is 306 g/mol. The Hall–Kier alpha value is -3.22. The van der Waals surface area contributed by atoms with Crippen LogP contribution in [0.2, 0.25) is 0 Å². The van der Waals surface area contributed by atoms with Crippen molar-refractivity contribution in [3.05, 3.63) is 59.9 Å². The maximum atomic E-state index is 12.2. The van der Waals surface area contributed by atoms with Gasteiger partial charge < -0.3 is 5.32 Å². The van der Waals surface area contributed by atoms with Crippen molar-refractivity contribution in [2.75, 3.05) is 11.6 Å². The van der Waals surface area contributed by atoms with E-state index in [-0.39, 0.29) is 24.2 Å². The van der Waals surface area contributed by atoms with Crippen molar-refractivity contribution >= 4 is 23.3 Å². The van der Waals surface area contributed by atoms with Crippen molar-refractivity contribution in [2.24, 2.45) is 4.99 Å². The molecule has 1 aliphatic heterocycles. The van der Waals surface area contributed by atoms with Crippen molar-refractivity contribution in [2.45, 2.75) is 13.5 Å². The van der Waals surface area contributed by atoms with E-state index in [0.717, 1.165) is 11.1 Å². The number of aryl methyl sites for hydroxylation is 1. The number of hydrogen-bond acceptors (Lipinski definition) is 5. The standard InChI is InChI=1S/C17H17N5O2/c1-12-4-6-14(7-5-12)22-15(23)11-19-16(21-22)17(24)20-10-13-3-2-8-18-9-13/h2-9H,10-11H2,1H3,(H,19,21)(H,20,24). The number of aliphatic imine (C=N–C) groups is 1. The highest BCUT2D eigenvalue weighted by Crippen LogP contribution is 2.15. The summed E-state index contributed by atoms with van der Waals surface area (Å²) in [7, 11) is 0. The summed E-state index contributed by atoms with van der Waals surface area (Å²) in [5, 5.41) is 4.09. The summed E-state index contributed by atoms with van der Waals surface area (Å²) in [6.07, 6.45) is 3.35. The Bertz CT molecular complexity index is 771. The minimum atomic E-state index is -0.372. The highest BCUT2D eigenvalue weighted by atomic mass is 16.2. The predicted octanol–water partition coefficient (Wildman–Crippen LogP) is 0.956. The molecule has 0 bridgehead atoms. The quantitative estimate of drug-likeness (QED) is 0.877. The number of aromatic nitrogens is 1. The number of hydrogen-bond donors (Lipinski definition) is 2. The Labute approximate surface area is 139 Å². The third-order valence-electron chi connectivity index (χ3n) is 3.52. The van der Waals surface area contributed by atoms with Crippen LogP contribution in [0.4, 0.5) is 5.69 Å². The Morgan fingerprint density at radius 2 is 2.08 bits per heavy atom. The van der Waals surface area contributed by atoms with Crippen molar-refractivity contribution in [1.82, 2.24) is 15.7 Å². The number of nitrogens with zero attached hydrogens (tertiary/aromatic N) is 3. The second-order valence-corrected chi connectivity index (χ2v) is 5.39. The molecule has 1 aromatic carbocycles. The van der Waals surface area contributed by atoms with Gasteiger partial charge in [0.25, 0.3) is 11.8 Å². The number of benzene rings is 1. The first-order chi connectivity index (χ1) is 11.6. The minimum absolute atomic E-state index is 0.0729. The maximum Gasteiger partial charge on any atom is 0.288 e. The van der Waals surface area contributed by atoms with Crippen molar-refractivity contribution in [3.8, 4) is 0 Å². The summed E-state index contributed by atoms with van der Waals surface area (Å²) < 4.78 is 0. The van der Waals surface area contributed by atoms with Crippen LogP contribution in [0.3, 0.4) is 0 Å². The topological polar surface area (TPSA) is 86.7 Å². The number of carbonyl (C=O) groups is 2. The second kappa shape index (κ2) is 6.91. The van der Waals surface area contributed by atoms with Gasteiger partial charge >= 0.3 is 0 Å². The molecule has 0 saturated carbocycles. The van der Waals surface area contributed by atoms with Crippen LogP contribution < -0.4 is 15.8 Å². The van der Waals surface area contributed by atoms with Crippen molar-refractivity contribution in [1.29, 1.82) is 0 Å². The molecule has 7 heteroatoms. The number of rotatable bonds is 4. The lowest BCUT2D eigenvalue weighted by atomic mass is 10.2. The third-order valence-corrected chi connectivity index (χ3v) is 3.52. The molecule has 0 unspecified atom stereocenters. The van der Waals surface area contributed by atoms with Crippen LogP contribution in [0.25, 0.3) is 0 Å². The smallest absolute Gasteiger partial charge is 0.288 e. The van der Waals surface area contributed by atoms with E-state index < -0.39 is 0 Å². The number of hydrazine groups is 1. The Kier molecular flexibility index (Phi) is 4.51. The van der Waals surface area contributed by atoms with Crippen LogP contribution in [-0.2, 0) is 16.1 Å². The van der Waals surface area contributed by atoms with E-state index in [1.165, 1.54) is 5.01 Å². The molecule has 1 aliphatic rings. The Balaban J connectivity index is 1.66. The number of pyridine rings is 1. The zero-order valence-electron chi connectivity index (χ0n) is 13.2. The molecule has 0 saturated heterocycles. The fraction of sp³-hybridized carbons (Fsp3) is 0.176. The average Bonchev–Trinajstić information content (AvgIpc) is 2.62. The SMILES string of the molecule is Cc1ccc(N2NC(C(=O)NCc3cccnc3)=NCC2=O)cc1. The zero-order chi connectivity index (χ0) is 16.9. The minimum Gasteiger partial charge on any atom is -0.345 e. The Morgan fingerprint density at radius 1 is 1.29 bits per heavy atom. The van der Waals surface area contributed by atoms with Crippen molar-refractivity contribution in [3.63, 3.8) is 0 Å². The van der Waals surface area contributed by atoms with Crippen LogP contribution in [0.5, 0.6) is 0 Å². The van der Waals surface area contributed by atoms with Gasteiger partial charge in [-0.1, -0.05) is 23.8 Å². The van der Waals surface area contributed by atoms with Crippen LogP contribution in [-0.4, -0.2) is 29.2 Å². The molecule has 3 rings (SSSR count). The summed E-state index contributed by atoms with van der Waals surface area (Å²) >= 11 is 0. The molecule has 0 spiro atoms. The van der Waals surface area contributed by atoms with Gasteiger partial charge in [0.15, 0.2) is 0 Å². The fourth-order valence-electron chi connectivity index (χ4n) is 2.21. The lowest BCUT2D eigenvalue weighted by molar-refractivity contribution is -0.118. The van der Waals surface area contributed by atoms with E-state index in [0.29, 0.717) is 12.2 Å². The number of amidine groups is 1. The summed E-state index contributed by atoms with van der Waals surface area (Å²) in [4.78, 5) is 32.3. The van der Waals surface area contributed by atoms with Gasteiger partial charge in [0.05, 0.1) is 5.69 Å². The van der Waals surface area contributed by atoms with E-state index in [1.54, 1.807) is 18.5 Å². The molecule has 0 aliphatic carbocycles. The molecule has 1 aromatic heterocycles. The summed E-state index contributed by atoms with van der Waals surface area (Å²) in [6, 6.07) is 11.1. The molecule has 0 fully saturated rings. The van der Waals surface area contributed by atoms with Gasteiger partial charge in [-0.15, -0.1) is 0 Å². The van der Waals surface area contributed by atoms with Gasteiger partial charge in [-0.2, -0.15) is 0 Å². The van der Waals surface area contributed by atoms with Gasteiger partial charge in [0.1, 0.15) is 6.54 Å². The molecule has 2 amide bonds. The molecule has 2 N–H and O–H groups in total. The van der Waals surface area contributed by atoms with Gasteiger partial charge in [-0.25, -0.2) is 5.01 Å². The number of nitrogens with one attached hydrogen (secondary N) is 2. The van der Waals surface area contributed by atoms with Crippen LogP contribution in [0, 0.1) is 6.92 Å². The normalized spacial score (nSPS) is 14.0. The predicted molar refractivity (Wildman–Crippen MR) is 90.2 cm³/mol. The monoisotopic (exact) mass is 323 g/mol. The highest BCUT2D eigenvalue weighted by molar-refractivity contribution is 6.39. The van der Waals surface area contributed by atoms with E-state index in [9.17, 15) is 9.59 Å². The summed E-state index contributed by atoms with van der Waals surface area (Å²) in [6.45, 7) is 2.23. The average molecular weight is 323 g/mol. The number of amides is 2. The second-order valence-electron chi connectivity index (χ2n) is 5.39. The van der Waals surface area contributed by atoms with Gasteiger partial charge in [-0.05, 0) is 30.7 Å². The molecule has 2 heterocycles. The first kappa shape index (κ1) is 15.7. The molecule has 2 aromatic rings. The van der Waals surface area contributed by atoms with Crippen LogP contribution >= 0.6 is 0 Å². The first-order valence-electron chi connectivity index (χ1n) is 7.51. The van der Waals surface area contributed by atoms with Crippen LogP contribution in [0.1, 0.15) is 11.1 Å². The largest absolute Gasteiger partial charge is 0.345 e. The molecule has 0 radical (unpaired) electrons. The van der Waals surface area contributed by atoms with E-state index >= 15 is 0 Å². The van der Waals surface area contributed by atoms with Gasteiger partial charge in [0, 0.05) is 18.9 Å². The lowest BCUT2D eigenvalue weighted by Gasteiger charge is -2.27. The number of anilines is 1. The zero-order valence-corrected chi connectivity index (χ0v) is 13.2. The highest BCUT2D eigenvalue weighted by Gasteiger charge is 2.25. The molecular formula is C17H17N5O2. The summed E-state index contributed by atoms with van der Waals surface area (Å²) in [5.41, 5.74) is 5.42. The first-order valence-corrected chi connectivity index (χ1v) is 7.51. The lowest BCUT2D eigenvalue weighted by Crippen LogP contribution is -2.55. The van der Waals surface area contributed by atoms with E-state index in [2.05, 4.69) is 20.7 Å². The molecule has 24 heavy (non-hydrogen) atoms. The fourth-order valence-corrected chi connectivity index (χ4v) is 2.21. The van der Waals surface area contributed by atoms with Gasteiger partial charge in [0.2, 0.25) is 5.84 Å². The number of carbonyl (C=O) groups excluding carboxylic acids is 2. The molecule has 7 nitrogen and oxygen atoms in total. The molecule has 122 valence electrons. The third kappa shape index (κ3) is 3.57. The van der Waals surface area contributed by atoms with Gasteiger partial charge in [-0.3, -0.25) is 25.0 Å².